The van der Waals surface area contributed by atoms with E-state index in [2.05, 4.69) is 4.98 Å². The Labute approximate surface area is 98.8 Å². The molecule has 17 heavy (non-hydrogen) atoms. The van der Waals surface area contributed by atoms with Crippen molar-refractivity contribution in [2.24, 2.45) is 0 Å². The molecule has 0 spiro atoms. The van der Waals surface area contributed by atoms with Crippen LogP contribution in [0.25, 0.3) is 11.1 Å². The number of rotatable bonds is 2. The first-order chi connectivity index (χ1) is 8.15. The van der Waals surface area contributed by atoms with E-state index in [0.29, 0.717) is 5.69 Å². The third-order valence-corrected chi connectivity index (χ3v) is 2.64. The van der Waals surface area contributed by atoms with Crippen LogP contribution in [0.1, 0.15) is 16.1 Å². The molecule has 0 atom stereocenters. The Balaban J connectivity index is 2.56. The summed E-state index contributed by atoms with van der Waals surface area (Å²) in [7, 11) is 1.33. The average Bonchev–Trinajstić information content (AvgIpc) is 2.65. The number of carbonyl (C=O) groups excluding carboxylic acids is 1. The summed E-state index contributed by atoms with van der Waals surface area (Å²) >= 11 is 0. The van der Waals surface area contributed by atoms with Crippen molar-refractivity contribution in [1.82, 2.24) is 9.66 Å². The van der Waals surface area contributed by atoms with Crippen molar-refractivity contribution in [1.29, 1.82) is 0 Å². The first kappa shape index (κ1) is 11.2. The summed E-state index contributed by atoms with van der Waals surface area (Å²) in [5.74, 6) is 5.31. The predicted molar refractivity (Wildman–Crippen MR) is 63.9 cm³/mol. The number of hydrogen-bond donors (Lipinski definition) is 1. The molecule has 0 bridgehead atoms. The van der Waals surface area contributed by atoms with Crippen LogP contribution in [0, 0.1) is 6.92 Å². The molecule has 2 aromatic heterocycles. The molecular weight excluding hydrogens is 218 g/mol. The highest BCUT2D eigenvalue weighted by molar-refractivity contribution is 5.92. The Hall–Kier alpha value is -2.30. The number of ether oxygens (including phenoxy) is 1. The Morgan fingerprint density at radius 2 is 2.29 bits per heavy atom. The van der Waals surface area contributed by atoms with E-state index in [-0.39, 0.29) is 0 Å². The van der Waals surface area contributed by atoms with Crippen molar-refractivity contribution in [2.45, 2.75) is 6.92 Å². The van der Waals surface area contributed by atoms with Crippen molar-refractivity contribution < 1.29 is 9.53 Å². The van der Waals surface area contributed by atoms with E-state index in [1.165, 1.54) is 11.8 Å². The Kier molecular flexibility index (Phi) is 2.82. The van der Waals surface area contributed by atoms with Gasteiger partial charge in [-0.05, 0) is 18.6 Å². The zero-order valence-electron chi connectivity index (χ0n) is 9.68. The summed E-state index contributed by atoms with van der Waals surface area (Å²) in [5.41, 5.74) is 2.93. The summed E-state index contributed by atoms with van der Waals surface area (Å²) in [6.07, 6.45) is 5.11. The molecular formula is C12H13N3O2. The second kappa shape index (κ2) is 4.29. The van der Waals surface area contributed by atoms with Gasteiger partial charge in [-0.15, -0.1) is 0 Å². The molecule has 0 aromatic carbocycles. The molecule has 0 saturated heterocycles. The fourth-order valence-corrected chi connectivity index (χ4v) is 1.79. The van der Waals surface area contributed by atoms with Crippen LogP contribution in [0.4, 0.5) is 0 Å². The van der Waals surface area contributed by atoms with Crippen LogP contribution >= 0.6 is 0 Å². The maximum Gasteiger partial charge on any atom is 0.356 e. The molecule has 2 rings (SSSR count). The molecule has 0 aliphatic carbocycles. The van der Waals surface area contributed by atoms with Gasteiger partial charge in [0.05, 0.1) is 7.11 Å². The van der Waals surface area contributed by atoms with E-state index in [0.717, 1.165) is 16.7 Å². The Bertz CT molecular complexity index is 546. The molecule has 2 aromatic rings. The second-order valence-electron chi connectivity index (χ2n) is 3.66. The van der Waals surface area contributed by atoms with Gasteiger partial charge in [0.25, 0.3) is 0 Å². The molecule has 5 nitrogen and oxygen atoms in total. The van der Waals surface area contributed by atoms with Crippen molar-refractivity contribution in [3.63, 3.8) is 0 Å². The molecule has 0 unspecified atom stereocenters. The van der Waals surface area contributed by atoms with Crippen LogP contribution in [0.15, 0.2) is 30.7 Å². The van der Waals surface area contributed by atoms with Crippen LogP contribution in [-0.2, 0) is 4.74 Å². The van der Waals surface area contributed by atoms with E-state index in [9.17, 15) is 4.79 Å². The van der Waals surface area contributed by atoms with Crippen LogP contribution in [0.5, 0.6) is 0 Å². The normalized spacial score (nSPS) is 10.2. The molecule has 0 amide bonds. The first-order valence-electron chi connectivity index (χ1n) is 5.11. The van der Waals surface area contributed by atoms with Crippen molar-refractivity contribution >= 4 is 5.97 Å². The smallest absolute Gasteiger partial charge is 0.356 e. The summed E-state index contributed by atoms with van der Waals surface area (Å²) in [5, 5.41) is 0. The lowest BCUT2D eigenvalue weighted by Crippen LogP contribution is -2.17. The maximum atomic E-state index is 11.6. The SMILES string of the molecule is COC(=O)c1c(C)c(-c2cccnc2)cn1N. The third kappa shape index (κ3) is 1.87. The number of esters is 1. The molecule has 0 aliphatic rings. The summed E-state index contributed by atoms with van der Waals surface area (Å²) in [6.45, 7) is 1.83. The van der Waals surface area contributed by atoms with Gasteiger partial charge < -0.3 is 10.6 Å². The summed E-state index contributed by atoms with van der Waals surface area (Å²) in [4.78, 5) is 15.6. The largest absolute Gasteiger partial charge is 0.464 e. The van der Waals surface area contributed by atoms with Gasteiger partial charge in [0.15, 0.2) is 5.69 Å². The van der Waals surface area contributed by atoms with Crippen molar-refractivity contribution in [3.8, 4) is 11.1 Å². The van der Waals surface area contributed by atoms with E-state index in [1.54, 1.807) is 18.6 Å². The highest BCUT2D eigenvalue weighted by Crippen LogP contribution is 2.26. The topological polar surface area (TPSA) is 70.1 Å². The molecule has 0 fully saturated rings. The quantitative estimate of drug-likeness (QED) is 0.625. The number of methoxy groups -OCH3 is 1. The molecule has 88 valence electrons. The van der Waals surface area contributed by atoms with Crippen LogP contribution < -0.4 is 5.84 Å². The number of hydrogen-bond acceptors (Lipinski definition) is 4. The standard InChI is InChI=1S/C12H13N3O2/c1-8-10(9-4-3-5-14-6-9)7-15(13)11(8)12(16)17-2/h3-7H,13H2,1-2H3. The average molecular weight is 231 g/mol. The van der Waals surface area contributed by atoms with Gasteiger partial charge in [0.1, 0.15) is 0 Å². The van der Waals surface area contributed by atoms with Gasteiger partial charge in [0, 0.05) is 29.7 Å². The van der Waals surface area contributed by atoms with Gasteiger partial charge in [0.2, 0.25) is 0 Å². The Morgan fingerprint density at radius 1 is 1.53 bits per heavy atom. The lowest BCUT2D eigenvalue weighted by molar-refractivity contribution is 0.0590. The van der Waals surface area contributed by atoms with Gasteiger partial charge in [-0.2, -0.15) is 0 Å². The number of aromatic nitrogens is 2. The lowest BCUT2D eigenvalue weighted by atomic mass is 10.1. The summed E-state index contributed by atoms with van der Waals surface area (Å²) < 4.78 is 5.97. The molecule has 0 radical (unpaired) electrons. The fourth-order valence-electron chi connectivity index (χ4n) is 1.79. The number of carbonyl (C=O) groups is 1. The number of pyridine rings is 1. The van der Waals surface area contributed by atoms with E-state index in [4.69, 9.17) is 10.6 Å². The van der Waals surface area contributed by atoms with Crippen molar-refractivity contribution in [2.75, 3.05) is 13.0 Å². The number of nitrogens with two attached hydrogens (primary N) is 1. The first-order valence-corrected chi connectivity index (χ1v) is 5.11. The van der Waals surface area contributed by atoms with E-state index >= 15 is 0 Å². The zero-order chi connectivity index (χ0) is 12.4. The molecule has 0 aliphatic heterocycles. The molecule has 5 heteroatoms. The van der Waals surface area contributed by atoms with Crippen molar-refractivity contribution in [3.05, 3.63) is 42.0 Å². The molecule has 2 N–H and O–H groups in total. The molecule has 2 heterocycles. The monoisotopic (exact) mass is 231 g/mol. The van der Waals surface area contributed by atoms with Gasteiger partial charge >= 0.3 is 5.97 Å². The predicted octanol–water partition coefficient (Wildman–Crippen LogP) is 1.36. The van der Waals surface area contributed by atoms with Gasteiger partial charge in [-0.25, -0.2) is 4.79 Å². The maximum absolute atomic E-state index is 11.6. The van der Waals surface area contributed by atoms with Crippen LogP contribution in [-0.4, -0.2) is 22.7 Å². The highest BCUT2D eigenvalue weighted by atomic mass is 16.5. The third-order valence-electron chi connectivity index (χ3n) is 2.64. The minimum Gasteiger partial charge on any atom is -0.464 e. The zero-order valence-corrected chi connectivity index (χ0v) is 9.68. The number of nitrogen functional groups attached to an aromatic ring is 1. The fraction of sp³-hybridized carbons (Fsp3) is 0.167. The van der Waals surface area contributed by atoms with Gasteiger partial charge in [-0.3, -0.25) is 9.66 Å². The van der Waals surface area contributed by atoms with Crippen LogP contribution in [0.2, 0.25) is 0 Å². The van der Waals surface area contributed by atoms with E-state index in [1.807, 2.05) is 19.1 Å². The summed E-state index contributed by atoms with van der Waals surface area (Å²) in [6, 6.07) is 3.75. The van der Waals surface area contributed by atoms with Crippen LogP contribution in [0.3, 0.4) is 0 Å². The number of nitrogens with zero attached hydrogens (tertiary/aromatic N) is 2. The minimum atomic E-state index is -0.444. The Morgan fingerprint density at radius 3 is 2.88 bits per heavy atom. The lowest BCUT2D eigenvalue weighted by Gasteiger charge is -2.02. The molecule has 0 saturated carbocycles. The highest BCUT2D eigenvalue weighted by Gasteiger charge is 2.19. The minimum absolute atomic E-state index is 0.353. The second-order valence-corrected chi connectivity index (χ2v) is 3.66. The van der Waals surface area contributed by atoms with E-state index < -0.39 is 5.97 Å². The van der Waals surface area contributed by atoms with Gasteiger partial charge in [-0.1, -0.05) is 6.07 Å².